The van der Waals surface area contributed by atoms with E-state index in [0.717, 1.165) is 33.3 Å². The van der Waals surface area contributed by atoms with E-state index in [1.54, 1.807) is 0 Å². The van der Waals surface area contributed by atoms with Gasteiger partial charge in [-0.1, -0.05) is 66.7 Å². The molecule has 1 N–H and O–H groups in total. The number of nitrogens with one attached hydrogen (secondary N) is 1. The molecule has 0 radical (unpaired) electrons. The summed E-state index contributed by atoms with van der Waals surface area (Å²) in [5.74, 6) is 0.703. The number of fused-ring (bicyclic) bond motifs is 1. The first-order valence-corrected chi connectivity index (χ1v) is 11.1. The number of carbonyl (C=O) groups excluding carboxylic acids is 1. The summed E-state index contributed by atoms with van der Waals surface area (Å²) in [7, 11) is 0. The summed E-state index contributed by atoms with van der Waals surface area (Å²) in [6.45, 7) is 0.537. The monoisotopic (exact) mass is 436 g/mol. The zero-order valence-electron chi connectivity index (χ0n) is 17.2. The van der Waals surface area contributed by atoms with Crippen LogP contribution < -0.4 is 10.1 Å². The number of amides is 1. The van der Waals surface area contributed by atoms with Crippen LogP contribution in [0.5, 0.6) is 5.75 Å². The van der Waals surface area contributed by atoms with E-state index in [1.165, 1.54) is 11.8 Å². The van der Waals surface area contributed by atoms with Crippen LogP contribution in [0.15, 0.2) is 107 Å². The van der Waals surface area contributed by atoms with Crippen LogP contribution in [-0.4, -0.2) is 11.1 Å². The molecule has 4 aromatic carbocycles. The first-order chi connectivity index (χ1) is 15.7. The Kier molecular flexibility index (Phi) is 5.73. The zero-order valence-corrected chi connectivity index (χ0v) is 18.0. The van der Waals surface area contributed by atoms with Crippen molar-refractivity contribution < 1.29 is 9.53 Å². The molecule has 0 spiro atoms. The number of amidine groups is 1. The van der Waals surface area contributed by atoms with Gasteiger partial charge in [0.15, 0.2) is 5.17 Å². The Morgan fingerprint density at radius 2 is 1.56 bits per heavy atom. The number of benzene rings is 4. The van der Waals surface area contributed by atoms with Crippen LogP contribution in [0.25, 0.3) is 16.8 Å². The molecule has 1 amide bonds. The largest absolute Gasteiger partial charge is 0.489 e. The first kappa shape index (κ1) is 20.1. The number of para-hydroxylation sites is 1. The van der Waals surface area contributed by atoms with Gasteiger partial charge in [0, 0.05) is 0 Å². The van der Waals surface area contributed by atoms with Crippen LogP contribution in [-0.2, 0) is 11.4 Å². The van der Waals surface area contributed by atoms with Gasteiger partial charge in [-0.15, -0.1) is 0 Å². The molecule has 1 fully saturated rings. The van der Waals surface area contributed by atoms with Crippen LogP contribution in [0.2, 0.25) is 0 Å². The summed E-state index contributed by atoms with van der Waals surface area (Å²) in [5, 5.41) is 5.61. The Morgan fingerprint density at radius 3 is 2.38 bits per heavy atom. The van der Waals surface area contributed by atoms with E-state index in [4.69, 9.17) is 4.74 Å². The maximum atomic E-state index is 12.4. The standard InChI is InChI=1S/C27H20N2O2S/c30-26-25(32-27(29-26)28-23-9-5-2-6-10-23)16-20-11-12-22-17-24(14-13-21(22)15-20)31-18-19-7-3-1-4-8-19/h1-17H,18H2,(H,28,29,30)/b25-16-. The lowest BCUT2D eigenvalue weighted by molar-refractivity contribution is -0.115. The number of rotatable bonds is 5. The lowest BCUT2D eigenvalue weighted by Crippen LogP contribution is -2.19. The third-order valence-electron chi connectivity index (χ3n) is 5.02. The fourth-order valence-electron chi connectivity index (χ4n) is 3.41. The maximum Gasteiger partial charge on any atom is 0.264 e. The predicted octanol–water partition coefficient (Wildman–Crippen LogP) is 6.31. The molecule has 0 unspecified atom stereocenters. The minimum Gasteiger partial charge on any atom is -0.489 e. The lowest BCUT2D eigenvalue weighted by atomic mass is 10.1. The highest BCUT2D eigenvalue weighted by Gasteiger charge is 2.23. The average Bonchev–Trinajstić information content (AvgIpc) is 3.17. The van der Waals surface area contributed by atoms with Crippen LogP contribution in [0.1, 0.15) is 11.1 Å². The summed E-state index contributed by atoms with van der Waals surface area (Å²) in [6.07, 6.45) is 1.90. The number of aliphatic imine (C=N–C) groups is 1. The molecule has 0 saturated carbocycles. The lowest BCUT2D eigenvalue weighted by Gasteiger charge is -2.08. The van der Waals surface area contributed by atoms with Gasteiger partial charge in [-0.25, -0.2) is 4.99 Å². The Balaban J connectivity index is 1.32. The van der Waals surface area contributed by atoms with E-state index in [-0.39, 0.29) is 5.91 Å². The molecule has 1 heterocycles. The van der Waals surface area contributed by atoms with Crippen LogP contribution >= 0.6 is 11.8 Å². The minimum atomic E-state index is -0.130. The highest BCUT2D eigenvalue weighted by Crippen LogP contribution is 2.29. The van der Waals surface area contributed by atoms with Gasteiger partial charge in [-0.05, 0) is 70.1 Å². The summed E-state index contributed by atoms with van der Waals surface area (Å²) in [4.78, 5) is 17.5. The fourth-order valence-corrected chi connectivity index (χ4v) is 4.26. The van der Waals surface area contributed by atoms with Gasteiger partial charge in [0.25, 0.3) is 5.91 Å². The van der Waals surface area contributed by atoms with Crippen molar-refractivity contribution in [2.45, 2.75) is 6.61 Å². The van der Waals surface area contributed by atoms with Crippen molar-refractivity contribution in [1.82, 2.24) is 5.32 Å². The van der Waals surface area contributed by atoms with Crippen LogP contribution in [0, 0.1) is 0 Å². The smallest absolute Gasteiger partial charge is 0.264 e. The number of nitrogens with zero attached hydrogens (tertiary/aromatic N) is 1. The second-order valence-corrected chi connectivity index (χ2v) is 8.39. The molecule has 5 rings (SSSR count). The van der Waals surface area contributed by atoms with Crippen molar-refractivity contribution in [3.8, 4) is 5.75 Å². The third kappa shape index (κ3) is 4.74. The molecule has 4 aromatic rings. The van der Waals surface area contributed by atoms with Gasteiger partial charge >= 0.3 is 0 Å². The SMILES string of the molecule is O=C1NC(=Nc2ccccc2)S/C1=C\c1ccc2cc(OCc3ccccc3)ccc2c1. The van der Waals surface area contributed by atoms with Crippen LogP contribution in [0.3, 0.4) is 0 Å². The molecule has 0 aromatic heterocycles. The number of hydrogen-bond acceptors (Lipinski definition) is 4. The van der Waals surface area contributed by atoms with Crippen molar-refractivity contribution in [3.05, 3.63) is 113 Å². The van der Waals surface area contributed by atoms with E-state index in [9.17, 15) is 4.79 Å². The molecule has 0 aliphatic carbocycles. The van der Waals surface area contributed by atoms with Gasteiger partial charge < -0.3 is 10.1 Å². The molecule has 1 aliphatic heterocycles. The highest BCUT2D eigenvalue weighted by molar-refractivity contribution is 8.18. The molecule has 1 saturated heterocycles. The summed E-state index contributed by atoms with van der Waals surface area (Å²) in [6, 6.07) is 31.9. The van der Waals surface area contributed by atoms with Gasteiger partial charge in [0.2, 0.25) is 0 Å². The van der Waals surface area contributed by atoms with E-state index < -0.39 is 0 Å². The van der Waals surface area contributed by atoms with Crippen molar-refractivity contribution in [3.63, 3.8) is 0 Å². The van der Waals surface area contributed by atoms with E-state index in [0.29, 0.717) is 16.7 Å². The Bertz CT molecular complexity index is 1330. The summed E-state index contributed by atoms with van der Waals surface area (Å²) < 4.78 is 5.93. The normalized spacial score (nSPS) is 15.9. The van der Waals surface area contributed by atoms with Crippen LogP contribution in [0.4, 0.5) is 5.69 Å². The summed E-state index contributed by atoms with van der Waals surface area (Å²) in [5.41, 5.74) is 2.92. The topological polar surface area (TPSA) is 50.7 Å². The molecular formula is C27H20N2O2S. The number of thioether (sulfide) groups is 1. The molecule has 0 bridgehead atoms. The van der Waals surface area contributed by atoms with Gasteiger partial charge in [-0.2, -0.15) is 0 Å². The molecule has 32 heavy (non-hydrogen) atoms. The molecule has 0 atom stereocenters. The average molecular weight is 437 g/mol. The van der Waals surface area contributed by atoms with Crippen molar-refractivity contribution in [1.29, 1.82) is 0 Å². The first-order valence-electron chi connectivity index (χ1n) is 10.3. The molecule has 156 valence electrons. The Morgan fingerprint density at radius 1 is 0.844 bits per heavy atom. The zero-order chi connectivity index (χ0) is 21.8. The third-order valence-corrected chi connectivity index (χ3v) is 5.93. The van der Waals surface area contributed by atoms with Crippen molar-refractivity contribution >= 4 is 45.4 Å². The molecule has 5 heteroatoms. The van der Waals surface area contributed by atoms with Gasteiger partial charge in [0.1, 0.15) is 12.4 Å². The van der Waals surface area contributed by atoms with E-state index >= 15 is 0 Å². The fraction of sp³-hybridized carbons (Fsp3) is 0.0370. The minimum absolute atomic E-state index is 0.130. The second-order valence-electron chi connectivity index (χ2n) is 7.36. The second kappa shape index (κ2) is 9.12. The van der Waals surface area contributed by atoms with Crippen molar-refractivity contribution in [2.24, 2.45) is 4.99 Å². The molecular weight excluding hydrogens is 416 g/mol. The quantitative estimate of drug-likeness (QED) is 0.373. The van der Waals surface area contributed by atoms with Crippen molar-refractivity contribution in [2.75, 3.05) is 0 Å². The Labute approximate surface area is 190 Å². The Hall–Kier alpha value is -3.83. The molecule has 1 aliphatic rings. The number of ether oxygens (including phenoxy) is 1. The van der Waals surface area contributed by atoms with Gasteiger partial charge in [0.05, 0.1) is 10.6 Å². The highest BCUT2D eigenvalue weighted by atomic mass is 32.2. The summed E-state index contributed by atoms with van der Waals surface area (Å²) >= 11 is 1.35. The predicted molar refractivity (Wildman–Crippen MR) is 132 cm³/mol. The van der Waals surface area contributed by atoms with Gasteiger partial charge in [-0.3, -0.25) is 4.79 Å². The number of carbonyl (C=O) groups is 1. The van der Waals surface area contributed by atoms with E-state index in [1.807, 2.05) is 97.1 Å². The maximum absolute atomic E-state index is 12.4. The molecule has 4 nitrogen and oxygen atoms in total. The number of hydrogen-bond donors (Lipinski definition) is 1. The van der Waals surface area contributed by atoms with E-state index in [2.05, 4.69) is 16.4 Å².